The molecule has 18 heavy (non-hydrogen) atoms. The predicted octanol–water partition coefficient (Wildman–Crippen LogP) is 2.68. The topological polar surface area (TPSA) is 47.3 Å². The van der Waals surface area contributed by atoms with Crippen LogP contribution in [0.2, 0.25) is 0 Å². The lowest BCUT2D eigenvalue weighted by Crippen LogP contribution is -2.30. The molecular weight excluding hydrogens is 231 g/mol. The molecule has 0 aliphatic carbocycles. The maximum Gasteiger partial charge on any atom is 0.128 e. The fraction of sp³-hybridized carbons (Fsp3) is 0.571. The Morgan fingerprint density at radius 1 is 1.39 bits per heavy atom. The van der Waals surface area contributed by atoms with Gasteiger partial charge in [0.25, 0.3) is 0 Å². The van der Waals surface area contributed by atoms with Crippen molar-refractivity contribution in [2.75, 3.05) is 6.61 Å². The second kappa shape index (κ2) is 6.83. The molecule has 1 aliphatic rings. The lowest BCUT2D eigenvalue weighted by atomic mass is 9.97. The Hall–Kier alpha value is -0.970. The Balaban J connectivity index is 1.91. The molecule has 2 unspecified atom stereocenters. The normalized spacial score (nSPS) is 21.8. The first kappa shape index (κ1) is 13.5. The molecule has 0 saturated carbocycles. The van der Waals surface area contributed by atoms with Gasteiger partial charge in [0.15, 0.2) is 0 Å². The number of nitrogens with one attached hydrogen (secondary N) is 1. The molecule has 1 saturated heterocycles. The maximum atomic E-state index is 13.7. The Bertz CT molecular complexity index is 367. The molecule has 1 heterocycles. The number of hydrogen-bond acceptors (Lipinski definition) is 3. The van der Waals surface area contributed by atoms with E-state index in [0.717, 1.165) is 32.3 Å². The van der Waals surface area contributed by atoms with E-state index in [4.69, 9.17) is 10.6 Å². The minimum Gasteiger partial charge on any atom is -0.378 e. The highest BCUT2D eigenvalue weighted by Gasteiger charge is 2.18. The zero-order chi connectivity index (χ0) is 12.8. The Kier molecular flexibility index (Phi) is 5.11. The van der Waals surface area contributed by atoms with Crippen LogP contribution < -0.4 is 11.3 Å². The molecule has 2 atom stereocenters. The average molecular weight is 252 g/mol. The third-order valence-corrected chi connectivity index (χ3v) is 3.53. The van der Waals surface area contributed by atoms with E-state index in [0.29, 0.717) is 11.7 Å². The molecule has 3 nitrogen and oxygen atoms in total. The SMILES string of the molecule is NNC(CCC1CCCCO1)c1ccccc1F. The van der Waals surface area contributed by atoms with Gasteiger partial charge >= 0.3 is 0 Å². The van der Waals surface area contributed by atoms with Gasteiger partial charge in [0.2, 0.25) is 0 Å². The number of hydrazine groups is 1. The Labute approximate surface area is 107 Å². The zero-order valence-electron chi connectivity index (χ0n) is 10.6. The van der Waals surface area contributed by atoms with Crippen LogP contribution in [0.15, 0.2) is 24.3 Å². The first-order chi connectivity index (χ1) is 8.81. The van der Waals surface area contributed by atoms with Gasteiger partial charge in [0.1, 0.15) is 5.82 Å². The largest absolute Gasteiger partial charge is 0.378 e. The summed E-state index contributed by atoms with van der Waals surface area (Å²) in [6, 6.07) is 6.63. The summed E-state index contributed by atoms with van der Waals surface area (Å²) in [5.74, 6) is 5.33. The summed E-state index contributed by atoms with van der Waals surface area (Å²) in [5, 5.41) is 0. The van der Waals surface area contributed by atoms with Gasteiger partial charge in [-0.2, -0.15) is 0 Å². The van der Waals surface area contributed by atoms with Gasteiger partial charge in [0, 0.05) is 18.2 Å². The fourth-order valence-electron chi connectivity index (χ4n) is 2.47. The van der Waals surface area contributed by atoms with E-state index in [1.807, 2.05) is 6.07 Å². The number of halogens is 1. The lowest BCUT2D eigenvalue weighted by Gasteiger charge is -2.25. The molecule has 0 bridgehead atoms. The van der Waals surface area contributed by atoms with Crippen molar-refractivity contribution in [3.05, 3.63) is 35.6 Å². The standard InChI is InChI=1S/C14H21FN2O/c15-13-7-2-1-6-12(13)14(17-16)9-8-11-5-3-4-10-18-11/h1-2,6-7,11,14,17H,3-5,8-10,16H2. The summed E-state index contributed by atoms with van der Waals surface area (Å²) in [5.41, 5.74) is 3.34. The number of nitrogens with two attached hydrogens (primary N) is 1. The zero-order valence-corrected chi connectivity index (χ0v) is 10.6. The summed E-state index contributed by atoms with van der Waals surface area (Å²) in [4.78, 5) is 0. The fourth-order valence-corrected chi connectivity index (χ4v) is 2.47. The van der Waals surface area contributed by atoms with Crippen molar-refractivity contribution in [2.45, 2.75) is 44.2 Å². The first-order valence-corrected chi connectivity index (χ1v) is 6.63. The third-order valence-electron chi connectivity index (χ3n) is 3.53. The Morgan fingerprint density at radius 2 is 2.22 bits per heavy atom. The van der Waals surface area contributed by atoms with E-state index in [-0.39, 0.29) is 11.9 Å². The molecule has 0 amide bonds. The molecule has 0 spiro atoms. The number of ether oxygens (including phenoxy) is 1. The van der Waals surface area contributed by atoms with Crippen LogP contribution in [0.4, 0.5) is 4.39 Å². The van der Waals surface area contributed by atoms with Crippen LogP contribution in [0.5, 0.6) is 0 Å². The second-order valence-corrected chi connectivity index (χ2v) is 4.81. The number of rotatable bonds is 5. The van der Waals surface area contributed by atoms with Crippen molar-refractivity contribution in [1.82, 2.24) is 5.43 Å². The van der Waals surface area contributed by atoms with Gasteiger partial charge in [0.05, 0.1) is 6.10 Å². The molecule has 3 N–H and O–H groups in total. The summed E-state index contributed by atoms with van der Waals surface area (Å²) in [7, 11) is 0. The van der Waals surface area contributed by atoms with Gasteiger partial charge in [-0.1, -0.05) is 18.2 Å². The molecule has 1 aliphatic heterocycles. The molecule has 0 aromatic heterocycles. The van der Waals surface area contributed by atoms with Gasteiger partial charge in [-0.3, -0.25) is 11.3 Å². The first-order valence-electron chi connectivity index (χ1n) is 6.63. The number of benzene rings is 1. The minimum absolute atomic E-state index is 0.142. The van der Waals surface area contributed by atoms with Crippen molar-refractivity contribution in [2.24, 2.45) is 5.84 Å². The second-order valence-electron chi connectivity index (χ2n) is 4.81. The summed E-state index contributed by atoms with van der Waals surface area (Å²) < 4.78 is 19.3. The van der Waals surface area contributed by atoms with Gasteiger partial charge in [-0.05, 0) is 38.2 Å². The maximum absolute atomic E-state index is 13.7. The predicted molar refractivity (Wildman–Crippen MR) is 69.3 cm³/mol. The van der Waals surface area contributed by atoms with Crippen molar-refractivity contribution in [3.8, 4) is 0 Å². The van der Waals surface area contributed by atoms with E-state index < -0.39 is 0 Å². The highest BCUT2D eigenvalue weighted by Crippen LogP contribution is 2.24. The van der Waals surface area contributed by atoms with E-state index in [1.165, 1.54) is 12.5 Å². The average Bonchev–Trinajstić information content (AvgIpc) is 2.42. The van der Waals surface area contributed by atoms with Crippen LogP contribution >= 0.6 is 0 Å². The van der Waals surface area contributed by atoms with Gasteiger partial charge in [-0.15, -0.1) is 0 Å². The van der Waals surface area contributed by atoms with E-state index in [2.05, 4.69) is 5.43 Å². The van der Waals surface area contributed by atoms with Crippen LogP contribution in [-0.4, -0.2) is 12.7 Å². The molecule has 1 aromatic carbocycles. The van der Waals surface area contributed by atoms with Gasteiger partial charge < -0.3 is 4.74 Å². The molecule has 4 heteroatoms. The van der Waals surface area contributed by atoms with E-state index >= 15 is 0 Å². The number of hydrogen-bond donors (Lipinski definition) is 2. The van der Waals surface area contributed by atoms with Crippen LogP contribution in [0, 0.1) is 5.82 Å². The van der Waals surface area contributed by atoms with Crippen molar-refractivity contribution in [3.63, 3.8) is 0 Å². The molecular formula is C14H21FN2O. The van der Waals surface area contributed by atoms with Gasteiger partial charge in [-0.25, -0.2) is 4.39 Å². The Morgan fingerprint density at radius 3 is 2.89 bits per heavy atom. The highest BCUT2D eigenvalue weighted by molar-refractivity contribution is 5.20. The summed E-state index contributed by atoms with van der Waals surface area (Å²) >= 11 is 0. The van der Waals surface area contributed by atoms with Crippen LogP contribution in [0.3, 0.4) is 0 Å². The van der Waals surface area contributed by atoms with Crippen molar-refractivity contribution < 1.29 is 9.13 Å². The smallest absolute Gasteiger partial charge is 0.128 e. The molecule has 2 rings (SSSR count). The highest BCUT2D eigenvalue weighted by atomic mass is 19.1. The third kappa shape index (κ3) is 3.51. The van der Waals surface area contributed by atoms with Crippen LogP contribution in [0.25, 0.3) is 0 Å². The van der Waals surface area contributed by atoms with Crippen molar-refractivity contribution >= 4 is 0 Å². The molecule has 100 valence electrons. The summed E-state index contributed by atoms with van der Waals surface area (Å²) in [6.45, 7) is 0.852. The van der Waals surface area contributed by atoms with Crippen molar-refractivity contribution in [1.29, 1.82) is 0 Å². The minimum atomic E-state index is -0.204. The van der Waals surface area contributed by atoms with Crippen LogP contribution in [0.1, 0.15) is 43.7 Å². The quantitative estimate of drug-likeness (QED) is 0.625. The van der Waals surface area contributed by atoms with E-state index in [1.54, 1.807) is 12.1 Å². The lowest BCUT2D eigenvalue weighted by molar-refractivity contribution is 0.00849. The molecule has 1 aromatic rings. The molecule has 1 fully saturated rings. The molecule has 0 radical (unpaired) electrons. The monoisotopic (exact) mass is 252 g/mol. The summed E-state index contributed by atoms with van der Waals surface area (Å²) in [6.07, 6.45) is 5.51. The van der Waals surface area contributed by atoms with E-state index in [9.17, 15) is 4.39 Å². The van der Waals surface area contributed by atoms with Crippen LogP contribution in [-0.2, 0) is 4.74 Å².